The minimum atomic E-state index is -0.896. The molecule has 0 saturated heterocycles. The molecule has 9 nitrogen and oxygen atoms in total. The van der Waals surface area contributed by atoms with Gasteiger partial charge in [0.25, 0.3) is 0 Å². The van der Waals surface area contributed by atoms with Crippen molar-refractivity contribution >= 4 is 29.3 Å². The van der Waals surface area contributed by atoms with E-state index in [0.717, 1.165) is 18.4 Å². The van der Waals surface area contributed by atoms with Crippen molar-refractivity contribution in [2.75, 3.05) is 20.1 Å². The first-order valence-electron chi connectivity index (χ1n) is 14.1. The monoisotopic (exact) mass is 587 g/mol. The standard InChI is InChI=1S/C30H39ClFN5O4/c1-18-17-37(33)27(21-11-12-21)30(40)36(3)19(2)28(38)35-25(16-20-9-13-22(31)14-10-20)29(39)34-15-5-6-23-24(32)7-4-8-26(23)41-18/h4,7-10,13-14,18-19,21,25,27H,5-6,11-12,15-17,33H2,1-3H3,(H,34,39)(H,35,38)/t18-,19-,25-,27+/m1/s1. The fourth-order valence-corrected chi connectivity index (χ4v) is 5.24. The summed E-state index contributed by atoms with van der Waals surface area (Å²) in [5, 5.41) is 7.74. The van der Waals surface area contributed by atoms with Crippen molar-refractivity contribution in [2.24, 2.45) is 11.8 Å². The average molecular weight is 588 g/mol. The normalized spacial score (nSPS) is 25.8. The molecule has 1 heterocycles. The van der Waals surface area contributed by atoms with Crippen molar-refractivity contribution in [3.8, 4) is 5.75 Å². The van der Waals surface area contributed by atoms with E-state index in [2.05, 4.69) is 10.6 Å². The van der Waals surface area contributed by atoms with Crippen LogP contribution < -0.4 is 21.2 Å². The van der Waals surface area contributed by atoms with Gasteiger partial charge in [0.05, 0.1) is 6.54 Å². The van der Waals surface area contributed by atoms with Crippen LogP contribution in [0.5, 0.6) is 5.75 Å². The second-order valence-corrected chi connectivity index (χ2v) is 11.5. The van der Waals surface area contributed by atoms with E-state index in [1.807, 2.05) is 6.92 Å². The fourth-order valence-electron chi connectivity index (χ4n) is 5.12. The third-order valence-electron chi connectivity index (χ3n) is 7.75. The Kier molecular flexibility index (Phi) is 10.2. The van der Waals surface area contributed by atoms with Crippen LogP contribution in [0, 0.1) is 11.7 Å². The van der Waals surface area contributed by atoms with Crippen LogP contribution in [0.25, 0.3) is 0 Å². The van der Waals surface area contributed by atoms with Gasteiger partial charge in [0.2, 0.25) is 17.7 Å². The predicted molar refractivity (Wildman–Crippen MR) is 155 cm³/mol. The summed E-state index contributed by atoms with van der Waals surface area (Å²) in [6, 6.07) is 9.33. The smallest absolute Gasteiger partial charge is 0.243 e. The zero-order valence-electron chi connectivity index (χ0n) is 23.7. The number of hydrogen-bond acceptors (Lipinski definition) is 6. The molecule has 0 unspecified atom stereocenters. The molecule has 0 aromatic heterocycles. The van der Waals surface area contributed by atoms with Gasteiger partial charge >= 0.3 is 0 Å². The summed E-state index contributed by atoms with van der Waals surface area (Å²) in [6.07, 6.45) is 2.28. The van der Waals surface area contributed by atoms with Crippen molar-refractivity contribution < 1.29 is 23.5 Å². The summed E-state index contributed by atoms with van der Waals surface area (Å²) in [6.45, 7) is 3.95. The number of hydrogen-bond donors (Lipinski definition) is 3. The van der Waals surface area contributed by atoms with Gasteiger partial charge < -0.3 is 20.3 Å². The van der Waals surface area contributed by atoms with E-state index in [0.29, 0.717) is 29.2 Å². The van der Waals surface area contributed by atoms with Gasteiger partial charge in [-0.05, 0) is 75.3 Å². The average Bonchev–Trinajstić information content (AvgIpc) is 3.76. The first kappa shape index (κ1) is 30.7. The highest BCUT2D eigenvalue weighted by atomic mass is 35.5. The van der Waals surface area contributed by atoms with Crippen LogP contribution in [-0.4, -0.2) is 72.0 Å². The van der Waals surface area contributed by atoms with Crippen molar-refractivity contribution in [3.05, 3.63) is 64.4 Å². The number of nitrogens with one attached hydrogen (secondary N) is 2. The quantitative estimate of drug-likeness (QED) is 0.476. The number of nitrogens with zero attached hydrogens (tertiary/aromatic N) is 2. The van der Waals surface area contributed by atoms with Gasteiger partial charge in [-0.25, -0.2) is 9.40 Å². The number of amides is 3. The number of hydrazine groups is 1. The van der Waals surface area contributed by atoms with Crippen LogP contribution >= 0.6 is 11.6 Å². The van der Waals surface area contributed by atoms with E-state index in [1.54, 1.807) is 50.4 Å². The van der Waals surface area contributed by atoms with Crippen LogP contribution in [0.15, 0.2) is 42.5 Å². The summed E-state index contributed by atoms with van der Waals surface area (Å²) in [4.78, 5) is 41.7. The second kappa shape index (κ2) is 13.6. The highest BCUT2D eigenvalue weighted by Gasteiger charge is 2.42. The molecular formula is C30H39ClFN5O4. The number of nitrogens with two attached hydrogens (primary N) is 1. The second-order valence-electron chi connectivity index (χ2n) is 11.0. The molecule has 41 heavy (non-hydrogen) atoms. The summed E-state index contributed by atoms with van der Waals surface area (Å²) in [5.41, 5.74) is 1.22. The topological polar surface area (TPSA) is 117 Å². The van der Waals surface area contributed by atoms with Gasteiger partial charge in [-0.2, -0.15) is 0 Å². The maximum Gasteiger partial charge on any atom is 0.243 e. The molecule has 0 radical (unpaired) electrons. The molecule has 2 aromatic carbocycles. The van der Waals surface area contributed by atoms with E-state index >= 15 is 0 Å². The zero-order chi connectivity index (χ0) is 29.7. The van der Waals surface area contributed by atoms with Gasteiger partial charge in [-0.1, -0.05) is 29.8 Å². The highest BCUT2D eigenvalue weighted by Crippen LogP contribution is 2.36. The van der Waals surface area contributed by atoms with E-state index in [9.17, 15) is 18.8 Å². The zero-order valence-corrected chi connectivity index (χ0v) is 24.5. The summed E-state index contributed by atoms with van der Waals surface area (Å²) in [5.74, 6) is 5.42. The Morgan fingerprint density at radius 2 is 1.78 bits per heavy atom. The molecule has 2 aromatic rings. The lowest BCUT2D eigenvalue weighted by Gasteiger charge is -2.34. The van der Waals surface area contributed by atoms with Crippen molar-refractivity contribution in [3.63, 3.8) is 0 Å². The molecule has 1 fully saturated rings. The molecule has 4 atom stereocenters. The third-order valence-corrected chi connectivity index (χ3v) is 8.00. The van der Waals surface area contributed by atoms with E-state index in [1.165, 1.54) is 16.0 Å². The molecule has 1 aliphatic carbocycles. The third kappa shape index (κ3) is 7.96. The van der Waals surface area contributed by atoms with Crippen molar-refractivity contribution in [1.29, 1.82) is 0 Å². The van der Waals surface area contributed by atoms with Crippen LogP contribution in [0.1, 0.15) is 44.2 Å². The number of halogens is 2. The molecule has 2 aliphatic rings. The number of ether oxygens (including phenoxy) is 1. The SMILES string of the molecule is C[C@@H]1CN(N)[C@@H](C2CC2)C(=O)N(C)[C@H](C)C(=O)N[C@H](Cc2ccc(Cl)cc2)C(=O)NCCCc2c(F)cccc2O1. The lowest BCUT2D eigenvalue weighted by Crippen LogP contribution is -2.59. The number of carbonyl (C=O) groups is 3. The maximum absolute atomic E-state index is 14.8. The minimum absolute atomic E-state index is 0.0659. The number of benzene rings is 2. The summed E-state index contributed by atoms with van der Waals surface area (Å²) >= 11 is 6.02. The van der Waals surface area contributed by atoms with Crippen molar-refractivity contribution in [2.45, 2.75) is 70.2 Å². The number of rotatable bonds is 3. The fraction of sp³-hybridized carbons (Fsp3) is 0.500. The Labute approximate surface area is 245 Å². The van der Waals surface area contributed by atoms with Gasteiger partial charge in [-0.3, -0.25) is 20.2 Å². The molecule has 3 amide bonds. The predicted octanol–water partition coefficient (Wildman–Crippen LogP) is 2.84. The summed E-state index contributed by atoms with van der Waals surface area (Å²) < 4.78 is 20.9. The largest absolute Gasteiger partial charge is 0.489 e. The molecular weight excluding hydrogens is 549 g/mol. The maximum atomic E-state index is 14.8. The Morgan fingerprint density at radius 1 is 1.07 bits per heavy atom. The molecule has 0 spiro atoms. The van der Waals surface area contributed by atoms with Crippen LogP contribution in [0.3, 0.4) is 0 Å². The van der Waals surface area contributed by atoms with Gasteiger partial charge in [-0.15, -0.1) is 0 Å². The Bertz CT molecular complexity index is 1240. The van der Waals surface area contributed by atoms with Gasteiger partial charge in [0, 0.05) is 30.6 Å². The molecule has 4 N–H and O–H groups in total. The molecule has 0 bridgehead atoms. The molecule has 222 valence electrons. The number of carbonyl (C=O) groups excluding carboxylic acids is 3. The first-order chi connectivity index (χ1) is 19.5. The van der Waals surface area contributed by atoms with Crippen LogP contribution in [0.2, 0.25) is 5.02 Å². The highest BCUT2D eigenvalue weighted by molar-refractivity contribution is 6.30. The first-order valence-corrected chi connectivity index (χ1v) is 14.5. The Morgan fingerprint density at radius 3 is 2.46 bits per heavy atom. The Hall–Kier alpha value is -3.21. The lowest BCUT2D eigenvalue weighted by atomic mass is 10.0. The van der Waals surface area contributed by atoms with Gasteiger partial charge in [0.1, 0.15) is 35.8 Å². The van der Waals surface area contributed by atoms with Gasteiger partial charge in [0.15, 0.2) is 0 Å². The number of likely N-dealkylation sites (N-methyl/N-ethyl adjacent to an activating group) is 1. The van der Waals surface area contributed by atoms with Crippen LogP contribution in [-0.2, 0) is 27.2 Å². The molecule has 4 rings (SSSR count). The van der Waals surface area contributed by atoms with E-state index in [4.69, 9.17) is 22.2 Å². The molecule has 1 saturated carbocycles. The Balaban J connectivity index is 1.61. The molecule has 1 aliphatic heterocycles. The molecule has 11 heteroatoms. The van der Waals surface area contributed by atoms with Crippen molar-refractivity contribution in [1.82, 2.24) is 20.5 Å². The van der Waals surface area contributed by atoms with Crippen LogP contribution in [0.4, 0.5) is 4.39 Å². The van der Waals surface area contributed by atoms with E-state index in [-0.39, 0.29) is 37.2 Å². The number of fused-ring (bicyclic) bond motifs is 1. The lowest BCUT2D eigenvalue weighted by molar-refractivity contribution is -0.144. The summed E-state index contributed by atoms with van der Waals surface area (Å²) in [7, 11) is 1.57. The minimum Gasteiger partial charge on any atom is -0.489 e. The van der Waals surface area contributed by atoms with E-state index < -0.39 is 36.0 Å².